The first kappa shape index (κ1) is 29.1. The van der Waals surface area contributed by atoms with E-state index in [4.69, 9.17) is 27.9 Å². The number of hydrogen-bond acceptors (Lipinski definition) is 6. The van der Waals surface area contributed by atoms with Crippen molar-refractivity contribution in [2.24, 2.45) is 0 Å². The highest BCUT2D eigenvalue weighted by Crippen LogP contribution is 2.30. The van der Waals surface area contributed by atoms with Crippen LogP contribution in [0.15, 0.2) is 76.5 Å². The molecule has 2 atom stereocenters. The predicted octanol–water partition coefficient (Wildman–Crippen LogP) is 5.43. The van der Waals surface area contributed by atoms with Crippen LogP contribution in [0.1, 0.15) is 31.1 Å². The molecule has 2 N–H and O–H groups in total. The van der Waals surface area contributed by atoms with Gasteiger partial charge in [0.15, 0.2) is 0 Å². The largest absolute Gasteiger partial charge is 0.425 e. The van der Waals surface area contributed by atoms with Crippen LogP contribution in [0.3, 0.4) is 0 Å². The molecule has 0 unspecified atom stereocenters. The van der Waals surface area contributed by atoms with E-state index in [1.165, 1.54) is 25.1 Å². The molecule has 0 aliphatic heterocycles. The van der Waals surface area contributed by atoms with Crippen molar-refractivity contribution in [1.29, 1.82) is 0 Å². The SMILES string of the molecule is CC(=O)Oc1ccc(S(=O)(=O)c2ccc(C[C@@H](C)NC[C@@H](O)c3cccc(Cl)c3)cc2)cc1Cl.Cl. The van der Waals surface area contributed by atoms with Crippen LogP contribution < -0.4 is 10.1 Å². The molecule has 10 heteroatoms. The fourth-order valence-electron chi connectivity index (χ4n) is 3.40. The molecule has 188 valence electrons. The second-order valence-corrected chi connectivity index (χ2v) is 10.7. The monoisotopic (exact) mass is 557 g/mol. The lowest BCUT2D eigenvalue weighted by atomic mass is 10.1. The molecule has 0 spiro atoms. The third kappa shape index (κ3) is 7.93. The molecule has 3 rings (SSSR count). The normalized spacial score (nSPS) is 12.9. The van der Waals surface area contributed by atoms with Crippen molar-refractivity contribution < 1.29 is 23.1 Å². The molecular formula is C25H26Cl3NO5S. The van der Waals surface area contributed by atoms with Gasteiger partial charge in [-0.2, -0.15) is 0 Å². The van der Waals surface area contributed by atoms with Gasteiger partial charge in [0.05, 0.1) is 20.9 Å². The highest BCUT2D eigenvalue weighted by Gasteiger charge is 2.20. The fourth-order valence-corrected chi connectivity index (χ4v) is 5.17. The summed E-state index contributed by atoms with van der Waals surface area (Å²) < 4.78 is 30.9. The summed E-state index contributed by atoms with van der Waals surface area (Å²) in [6.07, 6.45) is -0.0429. The molecule has 6 nitrogen and oxygen atoms in total. The Hall–Kier alpha value is -2.13. The second-order valence-electron chi connectivity index (χ2n) is 7.92. The smallest absolute Gasteiger partial charge is 0.308 e. The van der Waals surface area contributed by atoms with Crippen molar-refractivity contribution in [2.75, 3.05) is 6.54 Å². The van der Waals surface area contributed by atoms with Gasteiger partial charge in [-0.1, -0.05) is 47.5 Å². The zero-order valence-corrected chi connectivity index (χ0v) is 22.2. The topological polar surface area (TPSA) is 92.7 Å². The lowest BCUT2D eigenvalue weighted by Gasteiger charge is -2.18. The number of halogens is 3. The van der Waals surface area contributed by atoms with Crippen LogP contribution in [0.5, 0.6) is 5.75 Å². The molecule has 0 aromatic heterocycles. The fraction of sp³-hybridized carbons (Fsp3) is 0.240. The van der Waals surface area contributed by atoms with Crippen LogP contribution >= 0.6 is 35.6 Å². The third-order valence-electron chi connectivity index (χ3n) is 5.14. The molecule has 0 radical (unpaired) electrons. The Kier molecular flexibility index (Phi) is 10.6. The minimum Gasteiger partial charge on any atom is -0.425 e. The number of esters is 1. The summed E-state index contributed by atoms with van der Waals surface area (Å²) in [6, 6.07) is 17.7. The number of aliphatic hydroxyl groups is 1. The molecule has 0 amide bonds. The van der Waals surface area contributed by atoms with Gasteiger partial charge in [0.1, 0.15) is 5.75 Å². The van der Waals surface area contributed by atoms with Gasteiger partial charge >= 0.3 is 5.97 Å². The van der Waals surface area contributed by atoms with E-state index in [0.717, 1.165) is 11.1 Å². The quantitative estimate of drug-likeness (QED) is 0.269. The Labute approximate surface area is 221 Å². The third-order valence-corrected chi connectivity index (χ3v) is 7.43. The van der Waals surface area contributed by atoms with Gasteiger partial charge < -0.3 is 15.2 Å². The molecule has 0 aliphatic rings. The standard InChI is InChI=1S/C25H25Cl2NO5S.ClH/c1-16(28-15-24(30)19-4-3-5-20(26)13-19)12-18-6-8-21(9-7-18)34(31,32)22-10-11-25(23(27)14-22)33-17(2)29;/h3-11,13-14,16,24,28,30H,12,15H2,1-2H3;1H/t16-,24-;/m1./s1. The van der Waals surface area contributed by atoms with Crippen molar-refractivity contribution in [3.63, 3.8) is 0 Å². The van der Waals surface area contributed by atoms with E-state index in [1.807, 2.05) is 13.0 Å². The van der Waals surface area contributed by atoms with Gasteiger partial charge in [-0.3, -0.25) is 4.79 Å². The molecule has 3 aromatic carbocycles. The average molecular weight is 559 g/mol. The Morgan fingerprint density at radius 1 is 1.03 bits per heavy atom. The van der Waals surface area contributed by atoms with E-state index < -0.39 is 21.9 Å². The lowest BCUT2D eigenvalue weighted by molar-refractivity contribution is -0.131. The van der Waals surface area contributed by atoms with Crippen LogP contribution in [0.4, 0.5) is 0 Å². The van der Waals surface area contributed by atoms with E-state index in [1.54, 1.807) is 42.5 Å². The van der Waals surface area contributed by atoms with Gasteiger partial charge in [0, 0.05) is 24.5 Å². The number of carbonyl (C=O) groups excluding carboxylic acids is 1. The molecule has 0 fully saturated rings. The first-order valence-corrected chi connectivity index (χ1v) is 12.8. The molecule has 0 bridgehead atoms. The lowest BCUT2D eigenvalue weighted by Crippen LogP contribution is -2.32. The maximum atomic E-state index is 13.0. The Morgan fingerprint density at radius 2 is 1.69 bits per heavy atom. The minimum atomic E-state index is -3.79. The summed E-state index contributed by atoms with van der Waals surface area (Å²) in [6.45, 7) is 3.58. The predicted molar refractivity (Wildman–Crippen MR) is 139 cm³/mol. The van der Waals surface area contributed by atoms with Gasteiger partial charge in [0.2, 0.25) is 9.84 Å². The number of nitrogens with one attached hydrogen (secondary N) is 1. The first-order valence-electron chi connectivity index (χ1n) is 10.5. The summed E-state index contributed by atoms with van der Waals surface area (Å²) in [4.78, 5) is 11.2. The summed E-state index contributed by atoms with van der Waals surface area (Å²) in [7, 11) is -3.79. The van der Waals surface area contributed by atoms with Gasteiger partial charge in [0.25, 0.3) is 0 Å². The van der Waals surface area contributed by atoms with Gasteiger partial charge in [-0.15, -0.1) is 12.4 Å². The van der Waals surface area contributed by atoms with Crippen molar-refractivity contribution in [3.8, 4) is 5.75 Å². The number of ether oxygens (including phenoxy) is 1. The van der Waals surface area contributed by atoms with Crippen molar-refractivity contribution in [2.45, 2.75) is 42.2 Å². The number of hydrogen-bond donors (Lipinski definition) is 2. The number of carbonyl (C=O) groups is 1. The van der Waals surface area contributed by atoms with Crippen molar-refractivity contribution in [1.82, 2.24) is 5.32 Å². The van der Waals surface area contributed by atoms with Crippen LogP contribution in [0.2, 0.25) is 10.0 Å². The molecule has 0 aliphatic carbocycles. The molecule has 3 aromatic rings. The summed E-state index contributed by atoms with van der Waals surface area (Å²) in [5.74, 6) is -0.443. The van der Waals surface area contributed by atoms with Gasteiger partial charge in [-0.25, -0.2) is 8.42 Å². The Balaban J connectivity index is 0.00000432. The van der Waals surface area contributed by atoms with E-state index in [9.17, 15) is 18.3 Å². The number of rotatable bonds is 9. The summed E-state index contributed by atoms with van der Waals surface area (Å²) >= 11 is 12.1. The molecule has 0 saturated heterocycles. The minimum absolute atomic E-state index is 0. The highest BCUT2D eigenvalue weighted by atomic mass is 35.5. The summed E-state index contributed by atoms with van der Waals surface area (Å²) in [5, 5.41) is 14.2. The zero-order valence-electron chi connectivity index (χ0n) is 19.1. The Bertz CT molecular complexity index is 1270. The zero-order chi connectivity index (χ0) is 24.9. The van der Waals surface area contributed by atoms with Crippen LogP contribution in [-0.2, 0) is 21.1 Å². The molecule has 0 heterocycles. The number of benzene rings is 3. The maximum Gasteiger partial charge on any atom is 0.308 e. The molecular weight excluding hydrogens is 533 g/mol. The average Bonchev–Trinajstić information content (AvgIpc) is 2.79. The first-order chi connectivity index (χ1) is 16.1. The summed E-state index contributed by atoms with van der Waals surface area (Å²) in [5.41, 5.74) is 1.68. The van der Waals surface area contributed by atoms with Crippen LogP contribution in [0.25, 0.3) is 0 Å². The van der Waals surface area contributed by atoms with Gasteiger partial charge in [-0.05, 0) is 66.9 Å². The molecule has 0 saturated carbocycles. The number of aliphatic hydroxyl groups excluding tert-OH is 1. The van der Waals surface area contributed by atoms with E-state index in [-0.39, 0.29) is 39.0 Å². The maximum absolute atomic E-state index is 13.0. The molecule has 35 heavy (non-hydrogen) atoms. The Morgan fingerprint density at radius 3 is 2.29 bits per heavy atom. The van der Waals surface area contributed by atoms with E-state index in [2.05, 4.69) is 5.32 Å². The van der Waals surface area contributed by atoms with Crippen LogP contribution in [0, 0.1) is 0 Å². The second kappa shape index (κ2) is 12.7. The van der Waals surface area contributed by atoms with Crippen molar-refractivity contribution >= 4 is 51.4 Å². The van der Waals surface area contributed by atoms with E-state index in [0.29, 0.717) is 18.0 Å². The number of sulfone groups is 1. The van der Waals surface area contributed by atoms with Crippen molar-refractivity contribution in [3.05, 3.63) is 87.9 Å². The van der Waals surface area contributed by atoms with Crippen LogP contribution in [-0.4, -0.2) is 32.1 Å². The van der Waals surface area contributed by atoms with E-state index >= 15 is 0 Å². The highest BCUT2D eigenvalue weighted by molar-refractivity contribution is 7.91.